The van der Waals surface area contributed by atoms with Gasteiger partial charge >= 0.3 is 0 Å². The highest BCUT2D eigenvalue weighted by Crippen LogP contribution is 2.14. The van der Waals surface area contributed by atoms with E-state index in [1.807, 2.05) is 31.5 Å². The normalized spacial score (nSPS) is 10.8. The van der Waals surface area contributed by atoms with Crippen LogP contribution in [0.3, 0.4) is 0 Å². The molecular formula is C19H25N7O2. The first-order valence-corrected chi connectivity index (χ1v) is 9.34. The number of aromatic nitrogens is 6. The lowest BCUT2D eigenvalue weighted by atomic mass is 10.2. The maximum Gasteiger partial charge on any atom is 0.251 e. The molecule has 3 aromatic rings. The van der Waals surface area contributed by atoms with Crippen molar-refractivity contribution >= 4 is 5.91 Å². The van der Waals surface area contributed by atoms with Crippen LogP contribution in [-0.4, -0.2) is 42.4 Å². The van der Waals surface area contributed by atoms with E-state index in [0.29, 0.717) is 30.2 Å². The summed E-state index contributed by atoms with van der Waals surface area (Å²) < 4.78 is 9.35. The summed E-state index contributed by atoms with van der Waals surface area (Å²) in [7, 11) is 0. The van der Waals surface area contributed by atoms with Gasteiger partial charge in [0.2, 0.25) is 0 Å². The van der Waals surface area contributed by atoms with E-state index in [4.69, 9.17) is 4.74 Å². The second-order valence-electron chi connectivity index (χ2n) is 6.49. The third-order valence-corrected chi connectivity index (χ3v) is 4.31. The second kappa shape index (κ2) is 9.12. The van der Waals surface area contributed by atoms with E-state index in [-0.39, 0.29) is 12.5 Å². The molecule has 0 radical (unpaired) electrons. The van der Waals surface area contributed by atoms with Gasteiger partial charge in [0.05, 0.1) is 5.69 Å². The first-order valence-electron chi connectivity index (χ1n) is 9.34. The van der Waals surface area contributed by atoms with Gasteiger partial charge in [-0.25, -0.2) is 4.68 Å². The summed E-state index contributed by atoms with van der Waals surface area (Å²) in [4.78, 5) is 12.4. The van der Waals surface area contributed by atoms with Crippen molar-refractivity contribution in [3.8, 4) is 5.75 Å². The Hall–Kier alpha value is -3.23. The molecule has 2 aromatic heterocycles. The van der Waals surface area contributed by atoms with Gasteiger partial charge < -0.3 is 10.1 Å². The number of ether oxygens (including phenoxy) is 1. The van der Waals surface area contributed by atoms with Gasteiger partial charge in [-0.15, -0.1) is 5.10 Å². The number of nitrogens with zero attached hydrogens (tertiary/aromatic N) is 6. The van der Waals surface area contributed by atoms with E-state index in [9.17, 15) is 4.79 Å². The highest BCUT2D eigenvalue weighted by atomic mass is 16.5. The van der Waals surface area contributed by atoms with Crippen molar-refractivity contribution in [2.45, 2.75) is 46.9 Å². The van der Waals surface area contributed by atoms with Crippen LogP contribution in [0.25, 0.3) is 0 Å². The van der Waals surface area contributed by atoms with Crippen LogP contribution >= 0.6 is 0 Å². The lowest BCUT2D eigenvalue weighted by Crippen LogP contribution is -2.25. The number of rotatable bonds is 9. The molecule has 1 amide bonds. The summed E-state index contributed by atoms with van der Waals surface area (Å²) in [6.07, 6.45) is 0.809. The highest BCUT2D eigenvalue weighted by molar-refractivity contribution is 5.94. The van der Waals surface area contributed by atoms with Gasteiger partial charge in [0.25, 0.3) is 5.91 Å². The van der Waals surface area contributed by atoms with Crippen molar-refractivity contribution in [3.05, 3.63) is 53.1 Å². The minimum absolute atomic E-state index is 0.128. The van der Waals surface area contributed by atoms with Gasteiger partial charge in [-0.1, -0.05) is 6.07 Å². The molecule has 28 heavy (non-hydrogen) atoms. The van der Waals surface area contributed by atoms with Crippen LogP contribution in [0.1, 0.15) is 40.9 Å². The zero-order valence-corrected chi connectivity index (χ0v) is 16.4. The molecule has 0 spiro atoms. The average Bonchev–Trinajstić information content (AvgIpc) is 3.28. The first kappa shape index (κ1) is 19.5. The third-order valence-electron chi connectivity index (χ3n) is 4.31. The summed E-state index contributed by atoms with van der Waals surface area (Å²) in [6.45, 7) is 8.23. The Morgan fingerprint density at radius 3 is 2.82 bits per heavy atom. The van der Waals surface area contributed by atoms with E-state index in [1.165, 1.54) is 0 Å². The number of hydrogen-bond acceptors (Lipinski definition) is 6. The Morgan fingerprint density at radius 2 is 2.07 bits per heavy atom. The third kappa shape index (κ3) is 4.93. The van der Waals surface area contributed by atoms with Crippen LogP contribution in [0, 0.1) is 13.8 Å². The van der Waals surface area contributed by atoms with Crippen molar-refractivity contribution in [2.24, 2.45) is 0 Å². The fourth-order valence-corrected chi connectivity index (χ4v) is 2.88. The Labute approximate surface area is 163 Å². The number of carbonyl (C=O) groups is 1. The smallest absolute Gasteiger partial charge is 0.251 e. The molecule has 0 saturated carbocycles. The summed E-state index contributed by atoms with van der Waals surface area (Å²) in [5.74, 6) is 1.11. The van der Waals surface area contributed by atoms with Crippen LogP contribution in [-0.2, 0) is 19.7 Å². The lowest BCUT2D eigenvalue weighted by molar-refractivity contribution is 0.0952. The molecule has 3 rings (SSSR count). The van der Waals surface area contributed by atoms with Gasteiger partial charge in [0.15, 0.2) is 5.82 Å². The minimum atomic E-state index is -0.128. The zero-order valence-electron chi connectivity index (χ0n) is 16.4. The molecule has 9 nitrogen and oxygen atoms in total. The van der Waals surface area contributed by atoms with Crippen LogP contribution in [0.5, 0.6) is 5.75 Å². The van der Waals surface area contributed by atoms with Crippen molar-refractivity contribution < 1.29 is 9.53 Å². The van der Waals surface area contributed by atoms with Crippen LogP contribution in [0.4, 0.5) is 0 Å². The molecule has 0 bridgehead atoms. The lowest BCUT2D eigenvalue weighted by Gasteiger charge is -2.09. The maximum atomic E-state index is 12.4. The molecule has 0 saturated heterocycles. The predicted molar refractivity (Wildman–Crippen MR) is 103 cm³/mol. The Bertz CT molecular complexity index is 932. The van der Waals surface area contributed by atoms with Crippen LogP contribution in [0.15, 0.2) is 30.3 Å². The molecule has 1 N–H and O–H groups in total. The monoisotopic (exact) mass is 383 g/mol. The molecule has 2 heterocycles. The van der Waals surface area contributed by atoms with E-state index >= 15 is 0 Å². The summed E-state index contributed by atoms with van der Waals surface area (Å²) >= 11 is 0. The quantitative estimate of drug-likeness (QED) is 0.567. The summed E-state index contributed by atoms with van der Waals surface area (Å²) in [5, 5.41) is 18.8. The largest absolute Gasteiger partial charge is 0.486 e. The highest BCUT2D eigenvalue weighted by Gasteiger charge is 2.09. The number of nitrogens with one attached hydrogen (secondary N) is 1. The standard InChI is InChI=1S/C19H25N7O2/c1-4-25-18(21-23-24-25)13-28-17-8-5-7-16(12-17)19(27)20-9-6-10-26-15(3)11-14(2)22-26/h5,7-8,11-12H,4,6,9-10,13H2,1-3H3,(H,20,27). The SMILES string of the molecule is CCn1nnnc1COc1cccc(C(=O)NCCCn2nc(C)cc2C)c1. The maximum absolute atomic E-state index is 12.4. The fourth-order valence-electron chi connectivity index (χ4n) is 2.88. The van der Waals surface area contributed by atoms with Gasteiger partial charge in [-0.2, -0.15) is 5.10 Å². The van der Waals surface area contributed by atoms with Crippen molar-refractivity contribution in [1.29, 1.82) is 0 Å². The molecule has 9 heteroatoms. The summed E-state index contributed by atoms with van der Waals surface area (Å²) in [5.41, 5.74) is 2.69. The number of amides is 1. The topological polar surface area (TPSA) is 99.8 Å². The average molecular weight is 383 g/mol. The second-order valence-corrected chi connectivity index (χ2v) is 6.49. The van der Waals surface area contributed by atoms with E-state index < -0.39 is 0 Å². The van der Waals surface area contributed by atoms with Crippen molar-refractivity contribution in [2.75, 3.05) is 6.54 Å². The number of tetrazole rings is 1. The Balaban J connectivity index is 1.48. The van der Waals surface area contributed by atoms with Crippen LogP contribution < -0.4 is 10.1 Å². The van der Waals surface area contributed by atoms with E-state index in [1.54, 1.807) is 28.9 Å². The number of hydrogen-bond donors (Lipinski definition) is 1. The predicted octanol–water partition coefficient (Wildman–Crippen LogP) is 1.91. The zero-order chi connectivity index (χ0) is 19.9. The molecule has 0 unspecified atom stereocenters. The Morgan fingerprint density at radius 1 is 1.21 bits per heavy atom. The molecule has 1 aromatic carbocycles. The number of carbonyl (C=O) groups excluding carboxylic acids is 1. The number of aryl methyl sites for hydroxylation is 4. The molecule has 0 aliphatic heterocycles. The molecule has 0 atom stereocenters. The Kier molecular flexibility index (Phi) is 6.36. The number of benzene rings is 1. The summed E-state index contributed by atoms with van der Waals surface area (Å²) in [6, 6.07) is 9.13. The fraction of sp³-hybridized carbons (Fsp3) is 0.421. The van der Waals surface area contributed by atoms with Crippen LogP contribution in [0.2, 0.25) is 0 Å². The van der Waals surface area contributed by atoms with Crippen molar-refractivity contribution in [3.63, 3.8) is 0 Å². The molecule has 0 aliphatic rings. The molecule has 148 valence electrons. The minimum Gasteiger partial charge on any atom is -0.486 e. The van der Waals surface area contributed by atoms with Gasteiger partial charge in [-0.3, -0.25) is 9.48 Å². The van der Waals surface area contributed by atoms with E-state index in [2.05, 4.69) is 25.9 Å². The van der Waals surface area contributed by atoms with Gasteiger partial charge in [-0.05, 0) is 61.9 Å². The molecular weight excluding hydrogens is 358 g/mol. The first-order chi connectivity index (χ1) is 13.6. The van der Waals surface area contributed by atoms with Gasteiger partial charge in [0, 0.05) is 30.9 Å². The molecule has 0 fully saturated rings. The van der Waals surface area contributed by atoms with E-state index in [0.717, 1.165) is 24.4 Å². The molecule has 0 aliphatic carbocycles. The van der Waals surface area contributed by atoms with Crippen molar-refractivity contribution in [1.82, 2.24) is 35.3 Å². The van der Waals surface area contributed by atoms with Gasteiger partial charge in [0.1, 0.15) is 12.4 Å².